The lowest BCUT2D eigenvalue weighted by molar-refractivity contribution is 0.358. The summed E-state index contributed by atoms with van der Waals surface area (Å²) in [7, 11) is 0. The van der Waals surface area contributed by atoms with Gasteiger partial charge < -0.3 is 5.32 Å². The molecule has 0 saturated carbocycles. The number of nitrogens with one attached hydrogen (secondary N) is 2. The molecular formula is C14H16N6S. The van der Waals surface area contributed by atoms with Crippen molar-refractivity contribution >= 4 is 11.3 Å². The van der Waals surface area contributed by atoms with Crippen LogP contribution in [0.1, 0.15) is 17.8 Å². The predicted octanol–water partition coefficient (Wildman–Crippen LogP) is 1.83. The molecule has 1 aliphatic rings. The molecule has 0 fully saturated rings. The lowest BCUT2D eigenvalue weighted by atomic mass is 10.1. The van der Waals surface area contributed by atoms with Crippen LogP contribution in [0.4, 0.5) is 0 Å². The van der Waals surface area contributed by atoms with Crippen molar-refractivity contribution in [2.75, 3.05) is 0 Å². The maximum atomic E-state index is 4.26. The summed E-state index contributed by atoms with van der Waals surface area (Å²) in [5.41, 5.74) is 2.33. The minimum atomic E-state index is 0.435. The van der Waals surface area contributed by atoms with Crippen LogP contribution in [-0.2, 0) is 19.5 Å². The van der Waals surface area contributed by atoms with Gasteiger partial charge in [0.05, 0.1) is 23.3 Å². The van der Waals surface area contributed by atoms with Crippen LogP contribution in [0.15, 0.2) is 30.0 Å². The molecule has 4 rings (SSSR count). The standard InChI is InChI=1S/C14H16N6S/c1-2-12(21-5-1)14-10(7-17-19-14)6-15-11-3-4-13-16-9-18-20(13)8-11/h1-2,5,7,9,11,15H,3-4,6,8H2,(H,17,19)/t11-/m0/s1. The Balaban J connectivity index is 1.43. The van der Waals surface area contributed by atoms with Crippen LogP contribution in [0.3, 0.4) is 0 Å². The topological polar surface area (TPSA) is 71.4 Å². The second-order valence-corrected chi connectivity index (χ2v) is 6.17. The van der Waals surface area contributed by atoms with Crippen LogP contribution in [0.5, 0.6) is 0 Å². The zero-order chi connectivity index (χ0) is 14.1. The van der Waals surface area contributed by atoms with Gasteiger partial charge in [-0.15, -0.1) is 11.3 Å². The van der Waals surface area contributed by atoms with E-state index in [1.165, 1.54) is 10.4 Å². The first kappa shape index (κ1) is 12.7. The van der Waals surface area contributed by atoms with Crippen molar-refractivity contribution in [3.05, 3.63) is 41.4 Å². The highest BCUT2D eigenvalue weighted by molar-refractivity contribution is 7.13. The first-order chi connectivity index (χ1) is 10.4. The van der Waals surface area contributed by atoms with Crippen molar-refractivity contribution in [1.82, 2.24) is 30.3 Å². The third-order valence-electron chi connectivity index (χ3n) is 3.87. The summed E-state index contributed by atoms with van der Waals surface area (Å²) in [6.07, 6.45) is 5.64. The first-order valence-electron chi connectivity index (χ1n) is 7.06. The van der Waals surface area contributed by atoms with Gasteiger partial charge in [-0.2, -0.15) is 10.2 Å². The van der Waals surface area contributed by atoms with Gasteiger partial charge in [0.1, 0.15) is 12.2 Å². The average molecular weight is 300 g/mol. The zero-order valence-electron chi connectivity index (χ0n) is 11.5. The summed E-state index contributed by atoms with van der Waals surface area (Å²) >= 11 is 1.73. The number of hydrogen-bond donors (Lipinski definition) is 2. The van der Waals surface area contributed by atoms with E-state index < -0.39 is 0 Å². The van der Waals surface area contributed by atoms with Crippen molar-refractivity contribution in [2.24, 2.45) is 0 Å². The first-order valence-corrected chi connectivity index (χ1v) is 7.94. The Hall–Kier alpha value is -1.99. The molecule has 6 nitrogen and oxygen atoms in total. The van der Waals surface area contributed by atoms with E-state index in [9.17, 15) is 0 Å². The summed E-state index contributed by atoms with van der Waals surface area (Å²) < 4.78 is 2.00. The van der Waals surface area contributed by atoms with Crippen molar-refractivity contribution in [3.63, 3.8) is 0 Å². The van der Waals surface area contributed by atoms with Crippen molar-refractivity contribution in [1.29, 1.82) is 0 Å². The number of thiophene rings is 1. The zero-order valence-corrected chi connectivity index (χ0v) is 12.3. The highest BCUT2D eigenvalue weighted by atomic mass is 32.1. The molecule has 4 heterocycles. The van der Waals surface area contributed by atoms with E-state index in [0.29, 0.717) is 6.04 Å². The fourth-order valence-electron chi connectivity index (χ4n) is 2.74. The van der Waals surface area contributed by atoms with Crippen molar-refractivity contribution in [3.8, 4) is 10.6 Å². The number of hydrogen-bond acceptors (Lipinski definition) is 5. The van der Waals surface area contributed by atoms with E-state index >= 15 is 0 Å². The third-order valence-corrected chi connectivity index (χ3v) is 4.76. The van der Waals surface area contributed by atoms with Gasteiger partial charge in [-0.05, 0) is 17.9 Å². The lowest BCUT2D eigenvalue weighted by Gasteiger charge is -2.23. The molecule has 0 radical (unpaired) electrons. The van der Waals surface area contributed by atoms with E-state index in [-0.39, 0.29) is 0 Å². The number of nitrogens with zero attached hydrogens (tertiary/aromatic N) is 4. The van der Waals surface area contributed by atoms with Crippen molar-refractivity contribution < 1.29 is 0 Å². The quantitative estimate of drug-likeness (QED) is 0.771. The highest BCUT2D eigenvalue weighted by Gasteiger charge is 2.19. The number of aryl methyl sites for hydroxylation is 1. The smallest absolute Gasteiger partial charge is 0.138 e. The largest absolute Gasteiger partial charge is 0.308 e. The molecule has 0 unspecified atom stereocenters. The Morgan fingerprint density at radius 3 is 3.38 bits per heavy atom. The Kier molecular flexibility index (Phi) is 3.28. The minimum Gasteiger partial charge on any atom is -0.308 e. The number of aromatic amines is 1. The Bertz CT molecular complexity index is 713. The van der Waals surface area contributed by atoms with E-state index in [1.807, 2.05) is 10.9 Å². The molecule has 0 amide bonds. The molecule has 0 bridgehead atoms. The maximum Gasteiger partial charge on any atom is 0.138 e. The third kappa shape index (κ3) is 2.50. The molecule has 1 atom stereocenters. The van der Waals surface area contributed by atoms with Gasteiger partial charge in [-0.25, -0.2) is 9.67 Å². The van der Waals surface area contributed by atoms with Gasteiger partial charge >= 0.3 is 0 Å². The lowest BCUT2D eigenvalue weighted by Crippen LogP contribution is -2.37. The average Bonchev–Trinajstić information content (AvgIpc) is 3.24. The predicted molar refractivity (Wildman–Crippen MR) is 80.9 cm³/mol. The van der Waals surface area contributed by atoms with Gasteiger partial charge in [-0.3, -0.25) is 5.10 Å². The molecule has 0 spiro atoms. The number of H-pyrrole nitrogens is 1. The fourth-order valence-corrected chi connectivity index (χ4v) is 3.49. The Morgan fingerprint density at radius 2 is 2.48 bits per heavy atom. The normalized spacial score (nSPS) is 17.8. The van der Waals surface area contributed by atoms with Crippen LogP contribution in [0, 0.1) is 0 Å². The van der Waals surface area contributed by atoms with Crippen LogP contribution in [0.25, 0.3) is 10.6 Å². The number of fused-ring (bicyclic) bond motifs is 1. The molecule has 0 aliphatic carbocycles. The van der Waals surface area contributed by atoms with Gasteiger partial charge in [0.2, 0.25) is 0 Å². The Labute approximate surface area is 126 Å². The van der Waals surface area contributed by atoms with Crippen LogP contribution in [-0.4, -0.2) is 31.0 Å². The molecule has 21 heavy (non-hydrogen) atoms. The molecule has 3 aromatic heterocycles. The monoisotopic (exact) mass is 300 g/mol. The van der Waals surface area contributed by atoms with Gasteiger partial charge in [0, 0.05) is 24.6 Å². The molecule has 0 saturated heterocycles. The molecule has 0 aromatic carbocycles. The molecular weight excluding hydrogens is 284 g/mol. The van der Waals surface area contributed by atoms with E-state index in [1.54, 1.807) is 17.7 Å². The second-order valence-electron chi connectivity index (χ2n) is 5.22. The summed E-state index contributed by atoms with van der Waals surface area (Å²) in [6, 6.07) is 4.61. The highest BCUT2D eigenvalue weighted by Crippen LogP contribution is 2.25. The molecule has 1 aliphatic heterocycles. The number of rotatable bonds is 4. The van der Waals surface area contributed by atoms with E-state index in [0.717, 1.165) is 37.4 Å². The van der Waals surface area contributed by atoms with E-state index in [2.05, 4.69) is 43.1 Å². The molecule has 108 valence electrons. The summed E-state index contributed by atoms with van der Waals surface area (Å²) in [4.78, 5) is 5.49. The maximum absolute atomic E-state index is 4.26. The van der Waals surface area contributed by atoms with Crippen molar-refractivity contribution in [2.45, 2.75) is 32.0 Å². The number of aromatic nitrogens is 5. The van der Waals surface area contributed by atoms with Gasteiger partial charge in [-0.1, -0.05) is 6.07 Å². The second kappa shape index (κ2) is 5.42. The van der Waals surface area contributed by atoms with Gasteiger partial charge in [0.25, 0.3) is 0 Å². The summed E-state index contributed by atoms with van der Waals surface area (Å²) in [5, 5.41) is 17.2. The molecule has 3 aromatic rings. The van der Waals surface area contributed by atoms with Gasteiger partial charge in [0.15, 0.2) is 0 Å². The summed E-state index contributed by atoms with van der Waals surface area (Å²) in [5.74, 6) is 1.09. The SMILES string of the molecule is c1csc(-c2[nH]ncc2CN[C@H]2CCc3ncnn3C2)c1. The molecule has 7 heteroatoms. The fraction of sp³-hybridized carbons (Fsp3) is 0.357. The molecule has 2 N–H and O–H groups in total. The Morgan fingerprint density at radius 1 is 1.48 bits per heavy atom. The van der Waals surface area contributed by atoms with Crippen LogP contribution in [0.2, 0.25) is 0 Å². The van der Waals surface area contributed by atoms with E-state index in [4.69, 9.17) is 0 Å². The minimum absolute atomic E-state index is 0.435. The van der Waals surface area contributed by atoms with Crippen LogP contribution >= 0.6 is 11.3 Å². The van der Waals surface area contributed by atoms with Crippen LogP contribution < -0.4 is 5.32 Å². The summed E-state index contributed by atoms with van der Waals surface area (Å²) in [6.45, 7) is 1.71.